The molecule has 0 aromatic heterocycles. The summed E-state index contributed by atoms with van der Waals surface area (Å²) in [5.74, 6) is -0.0248. The molecule has 2 rings (SSSR count). The highest BCUT2D eigenvalue weighted by Gasteiger charge is 2.36. The topological polar surface area (TPSA) is 86.7 Å². The molecule has 1 amide bonds. The zero-order chi connectivity index (χ0) is 19.2. The molecule has 1 aliphatic heterocycles. The third-order valence-electron chi connectivity index (χ3n) is 4.99. The molecule has 6 nitrogen and oxygen atoms in total. The number of hydroxylamine groups is 1. The van der Waals surface area contributed by atoms with Gasteiger partial charge in [0.1, 0.15) is 0 Å². The van der Waals surface area contributed by atoms with Crippen LogP contribution in [0.15, 0.2) is 30.3 Å². The zero-order valence-corrected chi connectivity index (χ0v) is 16.4. The second-order valence-electron chi connectivity index (χ2n) is 7.57. The van der Waals surface area contributed by atoms with E-state index in [0.29, 0.717) is 25.4 Å². The quantitative estimate of drug-likeness (QED) is 0.534. The number of piperidine rings is 1. The minimum Gasteiger partial charge on any atom is -0.289 e. The van der Waals surface area contributed by atoms with Gasteiger partial charge < -0.3 is 0 Å². The van der Waals surface area contributed by atoms with Crippen LogP contribution in [-0.4, -0.2) is 42.2 Å². The Morgan fingerprint density at radius 2 is 1.85 bits per heavy atom. The Bertz CT molecular complexity index is 668. The highest BCUT2D eigenvalue weighted by Crippen LogP contribution is 2.27. The van der Waals surface area contributed by atoms with Gasteiger partial charge in [0.15, 0.2) is 0 Å². The molecular weight excluding hydrogens is 352 g/mol. The lowest BCUT2D eigenvalue weighted by Crippen LogP contribution is -2.45. The van der Waals surface area contributed by atoms with Crippen LogP contribution in [0.25, 0.3) is 0 Å². The van der Waals surface area contributed by atoms with E-state index in [4.69, 9.17) is 5.21 Å². The monoisotopic (exact) mass is 382 g/mol. The third-order valence-corrected chi connectivity index (χ3v) is 7.28. The van der Waals surface area contributed by atoms with E-state index in [1.165, 1.54) is 9.87 Å². The van der Waals surface area contributed by atoms with E-state index in [9.17, 15) is 13.2 Å². The number of amides is 1. The number of nitrogens with zero attached hydrogens (tertiary/aromatic N) is 1. The van der Waals surface area contributed by atoms with Gasteiger partial charge in [-0.15, -0.1) is 0 Å². The molecule has 1 aromatic rings. The number of sulfonamides is 1. The van der Waals surface area contributed by atoms with Crippen LogP contribution in [0.1, 0.15) is 45.1 Å². The summed E-state index contributed by atoms with van der Waals surface area (Å²) >= 11 is 0. The van der Waals surface area contributed by atoms with E-state index in [0.717, 1.165) is 19.3 Å². The Hall–Kier alpha value is -1.44. The van der Waals surface area contributed by atoms with Crippen molar-refractivity contribution in [2.24, 2.45) is 11.8 Å². The molecule has 0 saturated carbocycles. The first-order valence-corrected chi connectivity index (χ1v) is 10.8. The number of benzene rings is 1. The summed E-state index contributed by atoms with van der Waals surface area (Å²) in [6.45, 7) is 4.86. The summed E-state index contributed by atoms with van der Waals surface area (Å²) in [5, 5.41) is 7.97. The number of hydrogen-bond donors (Lipinski definition) is 2. The summed E-state index contributed by atoms with van der Waals surface area (Å²) in [7, 11) is -3.56. The molecule has 1 unspecified atom stereocenters. The van der Waals surface area contributed by atoms with Gasteiger partial charge in [-0.05, 0) is 43.1 Å². The fourth-order valence-corrected chi connectivity index (χ4v) is 5.75. The largest absolute Gasteiger partial charge is 0.289 e. The summed E-state index contributed by atoms with van der Waals surface area (Å²) < 4.78 is 27.5. The van der Waals surface area contributed by atoms with Crippen molar-refractivity contribution in [3.05, 3.63) is 35.9 Å². The maximum atomic E-state index is 13.0. The number of rotatable bonds is 8. The van der Waals surface area contributed by atoms with Gasteiger partial charge in [0.25, 0.3) is 0 Å². The lowest BCUT2D eigenvalue weighted by atomic mass is 9.91. The standard InChI is InChI=1S/C19H30N2O4S/c1-15(2)12-18(14-19(22)20-23)26(24,25)21-10-8-17(9-11-21)13-16-6-4-3-5-7-16/h3-7,15,17-18,23H,8-14H2,1-2H3,(H,20,22). The molecule has 146 valence electrons. The number of carbonyl (C=O) groups is 1. The molecule has 2 N–H and O–H groups in total. The van der Waals surface area contributed by atoms with Gasteiger partial charge >= 0.3 is 0 Å². The van der Waals surface area contributed by atoms with Gasteiger partial charge in [-0.2, -0.15) is 0 Å². The van der Waals surface area contributed by atoms with Gasteiger partial charge in [-0.3, -0.25) is 10.0 Å². The van der Waals surface area contributed by atoms with Crippen LogP contribution in [0, 0.1) is 11.8 Å². The minimum atomic E-state index is -3.56. The van der Waals surface area contributed by atoms with E-state index in [2.05, 4.69) is 12.1 Å². The van der Waals surface area contributed by atoms with Crippen molar-refractivity contribution in [2.45, 2.75) is 51.2 Å². The molecule has 0 aliphatic carbocycles. The van der Waals surface area contributed by atoms with Crippen molar-refractivity contribution in [2.75, 3.05) is 13.1 Å². The molecule has 0 radical (unpaired) electrons. The van der Waals surface area contributed by atoms with Gasteiger partial charge in [0.2, 0.25) is 15.9 Å². The van der Waals surface area contributed by atoms with Gasteiger partial charge in [0.05, 0.1) is 5.25 Å². The molecule has 1 heterocycles. The van der Waals surface area contributed by atoms with E-state index in [-0.39, 0.29) is 12.3 Å². The van der Waals surface area contributed by atoms with Crippen LogP contribution in [0.5, 0.6) is 0 Å². The maximum Gasteiger partial charge on any atom is 0.244 e. The fraction of sp³-hybridized carbons (Fsp3) is 0.632. The Kier molecular flexibility index (Phi) is 7.61. The van der Waals surface area contributed by atoms with Crippen LogP contribution in [0.2, 0.25) is 0 Å². The lowest BCUT2D eigenvalue weighted by molar-refractivity contribution is -0.129. The third kappa shape index (κ3) is 5.79. The van der Waals surface area contributed by atoms with Crippen LogP contribution in [-0.2, 0) is 21.2 Å². The average Bonchev–Trinajstić information content (AvgIpc) is 2.62. The molecule has 1 saturated heterocycles. The summed E-state index contributed by atoms with van der Waals surface area (Å²) in [4.78, 5) is 11.5. The van der Waals surface area contributed by atoms with Crippen molar-refractivity contribution in [1.82, 2.24) is 9.79 Å². The smallest absolute Gasteiger partial charge is 0.244 e. The van der Waals surface area contributed by atoms with Crippen molar-refractivity contribution in [3.63, 3.8) is 0 Å². The first kappa shape index (κ1) is 20.9. The lowest BCUT2D eigenvalue weighted by Gasteiger charge is -2.34. The molecule has 0 spiro atoms. The predicted molar refractivity (Wildman–Crippen MR) is 101 cm³/mol. The summed E-state index contributed by atoms with van der Waals surface area (Å²) in [5.41, 5.74) is 2.84. The Morgan fingerprint density at radius 3 is 2.38 bits per heavy atom. The molecule has 1 fully saturated rings. The highest BCUT2D eigenvalue weighted by atomic mass is 32.2. The van der Waals surface area contributed by atoms with Gasteiger partial charge in [0, 0.05) is 19.5 Å². The first-order chi connectivity index (χ1) is 12.3. The van der Waals surface area contributed by atoms with Crippen LogP contribution in [0.4, 0.5) is 0 Å². The molecular formula is C19H30N2O4S. The van der Waals surface area contributed by atoms with Gasteiger partial charge in [-0.25, -0.2) is 18.2 Å². The van der Waals surface area contributed by atoms with E-state index in [1.807, 2.05) is 32.0 Å². The maximum absolute atomic E-state index is 13.0. The van der Waals surface area contributed by atoms with E-state index in [1.54, 1.807) is 5.48 Å². The molecule has 0 bridgehead atoms. The average molecular weight is 383 g/mol. The zero-order valence-electron chi connectivity index (χ0n) is 15.6. The minimum absolute atomic E-state index is 0.150. The van der Waals surface area contributed by atoms with Crippen molar-refractivity contribution >= 4 is 15.9 Å². The predicted octanol–water partition coefficient (Wildman–Crippen LogP) is 2.58. The second-order valence-corrected chi connectivity index (χ2v) is 9.78. The Labute approximate surface area is 156 Å². The molecule has 1 atom stereocenters. The molecule has 1 aliphatic rings. The summed E-state index contributed by atoms with van der Waals surface area (Å²) in [6, 6.07) is 10.3. The van der Waals surface area contributed by atoms with Gasteiger partial charge in [-0.1, -0.05) is 44.2 Å². The Balaban J connectivity index is 1.98. The fourth-order valence-electron chi connectivity index (χ4n) is 3.61. The molecule has 7 heteroatoms. The normalized spacial score (nSPS) is 18.0. The van der Waals surface area contributed by atoms with E-state index >= 15 is 0 Å². The van der Waals surface area contributed by atoms with Crippen LogP contribution >= 0.6 is 0 Å². The SMILES string of the molecule is CC(C)CC(CC(=O)NO)S(=O)(=O)N1CCC(Cc2ccccc2)CC1. The molecule has 26 heavy (non-hydrogen) atoms. The van der Waals surface area contributed by atoms with Crippen LogP contribution < -0.4 is 5.48 Å². The van der Waals surface area contributed by atoms with Crippen LogP contribution in [0.3, 0.4) is 0 Å². The second kappa shape index (κ2) is 9.48. The highest BCUT2D eigenvalue weighted by molar-refractivity contribution is 7.89. The summed E-state index contributed by atoms with van der Waals surface area (Å²) in [6.07, 6.45) is 2.82. The first-order valence-electron chi connectivity index (χ1n) is 9.28. The van der Waals surface area contributed by atoms with Crippen molar-refractivity contribution < 1.29 is 18.4 Å². The van der Waals surface area contributed by atoms with Crippen molar-refractivity contribution in [3.8, 4) is 0 Å². The van der Waals surface area contributed by atoms with Crippen molar-refractivity contribution in [1.29, 1.82) is 0 Å². The van der Waals surface area contributed by atoms with E-state index < -0.39 is 21.2 Å². The number of nitrogens with one attached hydrogen (secondary N) is 1. The Morgan fingerprint density at radius 1 is 1.23 bits per heavy atom. The number of carbonyl (C=O) groups excluding carboxylic acids is 1. The number of hydrogen-bond acceptors (Lipinski definition) is 4. The molecule has 1 aromatic carbocycles.